The molecule has 0 heterocycles. The molecule has 18 heavy (non-hydrogen) atoms. The summed E-state index contributed by atoms with van der Waals surface area (Å²) in [6.45, 7) is 3.53. The van der Waals surface area contributed by atoms with E-state index in [9.17, 15) is 13.2 Å². The van der Waals surface area contributed by atoms with E-state index in [1.54, 1.807) is 26.0 Å². The standard InChI is InChI=1S/C13H17NO3S/c1-9(2)14-18(16,17)12-7-5-11(6-8-12)13(15)10-3-4-10/h5-10,14H,3-4H2,1-2H3. The molecule has 1 aromatic carbocycles. The predicted octanol–water partition coefficient (Wildman–Crippen LogP) is 1.97. The highest BCUT2D eigenvalue weighted by atomic mass is 32.2. The average Bonchev–Trinajstić information content (AvgIpc) is 3.10. The minimum Gasteiger partial charge on any atom is -0.294 e. The first-order valence-corrected chi connectivity index (χ1v) is 7.55. The Labute approximate surface area is 107 Å². The number of Topliss-reactive ketones (excluding diaryl/α,β-unsaturated/α-hetero) is 1. The Hall–Kier alpha value is -1.20. The molecule has 0 atom stereocenters. The van der Waals surface area contributed by atoms with Gasteiger partial charge in [0.05, 0.1) is 4.90 Å². The van der Waals surface area contributed by atoms with Crippen molar-refractivity contribution in [3.05, 3.63) is 29.8 Å². The second kappa shape index (κ2) is 4.82. The quantitative estimate of drug-likeness (QED) is 0.830. The third-order valence-electron chi connectivity index (χ3n) is 2.79. The molecule has 1 fully saturated rings. The highest BCUT2D eigenvalue weighted by molar-refractivity contribution is 7.89. The van der Waals surface area contributed by atoms with Gasteiger partial charge in [-0.25, -0.2) is 13.1 Å². The lowest BCUT2D eigenvalue weighted by atomic mass is 10.1. The van der Waals surface area contributed by atoms with E-state index in [0.29, 0.717) is 5.56 Å². The number of rotatable bonds is 5. The number of carbonyl (C=O) groups excluding carboxylic acids is 1. The summed E-state index contributed by atoms with van der Waals surface area (Å²) in [5, 5.41) is 0. The topological polar surface area (TPSA) is 63.2 Å². The Morgan fingerprint density at radius 1 is 1.22 bits per heavy atom. The maximum atomic E-state index is 11.9. The van der Waals surface area contributed by atoms with E-state index in [4.69, 9.17) is 0 Å². The molecule has 98 valence electrons. The van der Waals surface area contributed by atoms with Gasteiger partial charge in [-0.1, -0.05) is 12.1 Å². The molecule has 0 radical (unpaired) electrons. The maximum Gasteiger partial charge on any atom is 0.240 e. The van der Waals surface area contributed by atoms with Crippen molar-refractivity contribution in [2.24, 2.45) is 5.92 Å². The fourth-order valence-electron chi connectivity index (χ4n) is 1.76. The molecular formula is C13H17NO3S. The number of benzene rings is 1. The van der Waals surface area contributed by atoms with Gasteiger partial charge in [-0.05, 0) is 38.8 Å². The molecule has 0 amide bonds. The molecule has 5 heteroatoms. The largest absolute Gasteiger partial charge is 0.294 e. The highest BCUT2D eigenvalue weighted by Gasteiger charge is 2.30. The summed E-state index contributed by atoms with van der Waals surface area (Å²) in [4.78, 5) is 12.0. The van der Waals surface area contributed by atoms with Gasteiger partial charge in [0.1, 0.15) is 0 Å². The van der Waals surface area contributed by atoms with Crippen LogP contribution in [0.4, 0.5) is 0 Å². The van der Waals surface area contributed by atoms with Crippen LogP contribution in [0.3, 0.4) is 0 Å². The van der Waals surface area contributed by atoms with E-state index < -0.39 is 10.0 Å². The van der Waals surface area contributed by atoms with E-state index in [0.717, 1.165) is 12.8 Å². The van der Waals surface area contributed by atoms with Gasteiger partial charge >= 0.3 is 0 Å². The third kappa shape index (κ3) is 2.97. The Kier molecular flexibility index (Phi) is 3.54. The molecule has 0 saturated heterocycles. The van der Waals surface area contributed by atoms with E-state index >= 15 is 0 Å². The van der Waals surface area contributed by atoms with Crippen molar-refractivity contribution in [3.8, 4) is 0 Å². The summed E-state index contributed by atoms with van der Waals surface area (Å²) in [7, 11) is -3.47. The lowest BCUT2D eigenvalue weighted by Gasteiger charge is -2.09. The molecule has 0 aromatic heterocycles. The van der Waals surface area contributed by atoms with Crippen LogP contribution in [0.2, 0.25) is 0 Å². The van der Waals surface area contributed by atoms with E-state index in [-0.39, 0.29) is 22.6 Å². The van der Waals surface area contributed by atoms with E-state index in [2.05, 4.69) is 4.72 Å². The molecule has 4 nitrogen and oxygen atoms in total. The smallest absolute Gasteiger partial charge is 0.240 e. The van der Waals surface area contributed by atoms with E-state index in [1.165, 1.54) is 12.1 Å². The zero-order chi connectivity index (χ0) is 13.3. The first kappa shape index (κ1) is 13.2. The molecule has 1 N–H and O–H groups in total. The van der Waals surface area contributed by atoms with Crippen molar-refractivity contribution in [2.75, 3.05) is 0 Å². The van der Waals surface area contributed by atoms with Crippen LogP contribution >= 0.6 is 0 Å². The monoisotopic (exact) mass is 267 g/mol. The van der Waals surface area contributed by atoms with Crippen LogP contribution in [0.5, 0.6) is 0 Å². The van der Waals surface area contributed by atoms with E-state index in [1.807, 2.05) is 0 Å². The minimum absolute atomic E-state index is 0.121. The first-order valence-electron chi connectivity index (χ1n) is 6.07. The zero-order valence-electron chi connectivity index (χ0n) is 10.5. The van der Waals surface area contributed by atoms with Crippen molar-refractivity contribution in [1.29, 1.82) is 0 Å². The molecule has 0 spiro atoms. The van der Waals surface area contributed by atoms with Gasteiger partial charge < -0.3 is 0 Å². The summed E-state index contributed by atoms with van der Waals surface area (Å²) < 4.78 is 26.3. The molecule has 0 aliphatic heterocycles. The third-order valence-corrected chi connectivity index (χ3v) is 4.46. The molecule has 1 aliphatic carbocycles. The Morgan fingerprint density at radius 3 is 2.22 bits per heavy atom. The SMILES string of the molecule is CC(C)NS(=O)(=O)c1ccc(C(=O)C2CC2)cc1. The van der Waals surface area contributed by atoms with Crippen molar-refractivity contribution >= 4 is 15.8 Å². The summed E-state index contributed by atoms with van der Waals surface area (Å²) in [6, 6.07) is 6.01. The molecule has 0 bridgehead atoms. The number of nitrogens with one attached hydrogen (secondary N) is 1. The molecule has 2 rings (SSSR count). The van der Waals surface area contributed by atoms with Crippen molar-refractivity contribution < 1.29 is 13.2 Å². The summed E-state index contributed by atoms with van der Waals surface area (Å²) >= 11 is 0. The van der Waals surface area contributed by atoms with Gasteiger partial charge in [0.25, 0.3) is 0 Å². The number of ketones is 1. The summed E-state index contributed by atoms with van der Waals surface area (Å²) in [5.74, 6) is 0.275. The van der Waals surface area contributed by atoms with Crippen molar-refractivity contribution in [3.63, 3.8) is 0 Å². The Morgan fingerprint density at radius 2 is 1.78 bits per heavy atom. The number of hydrogen-bond acceptors (Lipinski definition) is 3. The average molecular weight is 267 g/mol. The minimum atomic E-state index is -3.47. The van der Waals surface area contributed by atoms with Crippen LogP contribution < -0.4 is 4.72 Å². The summed E-state index contributed by atoms with van der Waals surface area (Å²) in [6.07, 6.45) is 1.90. The van der Waals surface area contributed by atoms with Gasteiger partial charge in [0.2, 0.25) is 10.0 Å². The molecule has 1 aliphatic rings. The second-order valence-electron chi connectivity index (χ2n) is 4.94. The molecule has 0 unspecified atom stereocenters. The zero-order valence-corrected chi connectivity index (χ0v) is 11.3. The molecule has 1 aromatic rings. The van der Waals surface area contributed by atoms with Gasteiger partial charge in [-0.3, -0.25) is 4.79 Å². The normalized spacial score (nSPS) is 15.9. The first-order chi connectivity index (χ1) is 8.40. The molecule has 1 saturated carbocycles. The van der Waals surface area contributed by atoms with Gasteiger partial charge in [-0.15, -0.1) is 0 Å². The lowest BCUT2D eigenvalue weighted by Crippen LogP contribution is -2.30. The van der Waals surface area contributed by atoms with Gasteiger partial charge in [-0.2, -0.15) is 0 Å². The van der Waals surface area contributed by atoms with Crippen LogP contribution in [0.25, 0.3) is 0 Å². The van der Waals surface area contributed by atoms with Crippen LogP contribution in [-0.4, -0.2) is 20.2 Å². The fraction of sp³-hybridized carbons (Fsp3) is 0.462. The van der Waals surface area contributed by atoms with Gasteiger partial charge in [0, 0.05) is 17.5 Å². The molecular weight excluding hydrogens is 250 g/mol. The second-order valence-corrected chi connectivity index (χ2v) is 6.65. The van der Waals surface area contributed by atoms with Crippen LogP contribution in [0, 0.1) is 5.92 Å². The highest BCUT2D eigenvalue weighted by Crippen LogP contribution is 2.32. The van der Waals surface area contributed by atoms with Crippen LogP contribution in [0.15, 0.2) is 29.2 Å². The van der Waals surface area contributed by atoms with Crippen LogP contribution in [-0.2, 0) is 10.0 Å². The number of hydrogen-bond donors (Lipinski definition) is 1. The Balaban J connectivity index is 2.19. The van der Waals surface area contributed by atoms with Gasteiger partial charge in [0.15, 0.2) is 5.78 Å². The number of sulfonamides is 1. The van der Waals surface area contributed by atoms with Crippen molar-refractivity contribution in [2.45, 2.75) is 37.6 Å². The fourth-order valence-corrected chi connectivity index (χ4v) is 3.01. The lowest BCUT2D eigenvalue weighted by molar-refractivity contribution is 0.0967. The maximum absolute atomic E-state index is 11.9. The summed E-state index contributed by atoms with van der Waals surface area (Å²) in [5.41, 5.74) is 0.598. The Bertz CT molecular complexity index is 542. The van der Waals surface area contributed by atoms with Crippen molar-refractivity contribution in [1.82, 2.24) is 4.72 Å². The predicted molar refractivity (Wildman–Crippen MR) is 69.0 cm³/mol. The number of carbonyl (C=O) groups is 1. The van der Waals surface area contributed by atoms with Crippen LogP contribution in [0.1, 0.15) is 37.0 Å².